The lowest BCUT2D eigenvalue weighted by atomic mass is 10.0. The van der Waals surface area contributed by atoms with E-state index in [0.717, 1.165) is 17.7 Å². The summed E-state index contributed by atoms with van der Waals surface area (Å²) < 4.78 is 11.3. The van der Waals surface area contributed by atoms with Gasteiger partial charge in [0.05, 0.1) is 6.61 Å². The molecule has 0 aliphatic heterocycles. The highest BCUT2D eigenvalue weighted by Crippen LogP contribution is 2.27. The number of carbonyl (C=O) groups excluding carboxylic acids is 1. The molecule has 2 aromatic carbocycles. The Bertz CT molecular complexity index is 667. The first-order chi connectivity index (χ1) is 11.6. The fourth-order valence-corrected chi connectivity index (χ4v) is 2.34. The molecule has 2 rings (SSSR count). The SMILES string of the molecule is CCCOc1ccccc1OCC(=O)Nc1ccccc1C(C)C. The van der Waals surface area contributed by atoms with Crippen LogP contribution < -0.4 is 14.8 Å². The summed E-state index contributed by atoms with van der Waals surface area (Å²) in [6, 6.07) is 15.2. The van der Waals surface area contributed by atoms with Crippen LogP contribution in [0.1, 0.15) is 38.7 Å². The lowest BCUT2D eigenvalue weighted by Crippen LogP contribution is -2.21. The Balaban J connectivity index is 1.97. The van der Waals surface area contributed by atoms with Crippen LogP contribution in [0.15, 0.2) is 48.5 Å². The van der Waals surface area contributed by atoms with Gasteiger partial charge >= 0.3 is 0 Å². The Labute approximate surface area is 143 Å². The molecule has 0 fully saturated rings. The molecule has 0 bridgehead atoms. The average Bonchev–Trinajstić information content (AvgIpc) is 2.59. The van der Waals surface area contributed by atoms with Crippen LogP contribution in [0, 0.1) is 0 Å². The van der Waals surface area contributed by atoms with Crippen molar-refractivity contribution in [2.45, 2.75) is 33.1 Å². The summed E-state index contributed by atoms with van der Waals surface area (Å²) in [4.78, 5) is 12.2. The Kier molecular flexibility index (Phi) is 6.67. The zero-order chi connectivity index (χ0) is 17.4. The number of nitrogens with one attached hydrogen (secondary N) is 1. The number of ether oxygens (including phenoxy) is 2. The standard InChI is InChI=1S/C20H25NO3/c1-4-13-23-18-11-7-8-12-19(18)24-14-20(22)21-17-10-6-5-9-16(17)15(2)3/h5-12,15H,4,13-14H2,1-3H3,(H,21,22). The molecule has 0 saturated carbocycles. The summed E-state index contributed by atoms with van der Waals surface area (Å²) in [5.41, 5.74) is 1.94. The van der Waals surface area contributed by atoms with E-state index in [1.54, 1.807) is 6.07 Å². The zero-order valence-corrected chi connectivity index (χ0v) is 14.5. The second-order valence-electron chi connectivity index (χ2n) is 5.87. The van der Waals surface area contributed by atoms with Crippen LogP contribution in [0.3, 0.4) is 0 Å². The van der Waals surface area contributed by atoms with Crippen molar-refractivity contribution in [3.8, 4) is 11.5 Å². The summed E-state index contributed by atoms with van der Waals surface area (Å²) in [6.45, 7) is 6.81. The van der Waals surface area contributed by atoms with Crippen LogP contribution in [-0.4, -0.2) is 19.1 Å². The number of amides is 1. The lowest BCUT2D eigenvalue weighted by Gasteiger charge is -2.15. The molecule has 0 radical (unpaired) electrons. The molecule has 24 heavy (non-hydrogen) atoms. The number of para-hydroxylation sites is 3. The zero-order valence-electron chi connectivity index (χ0n) is 14.5. The first-order valence-corrected chi connectivity index (χ1v) is 8.35. The molecule has 2 aromatic rings. The highest BCUT2D eigenvalue weighted by molar-refractivity contribution is 5.92. The Morgan fingerprint density at radius 1 is 1.00 bits per heavy atom. The van der Waals surface area contributed by atoms with Gasteiger partial charge in [0.25, 0.3) is 5.91 Å². The molecular weight excluding hydrogens is 302 g/mol. The summed E-state index contributed by atoms with van der Waals surface area (Å²) in [5, 5.41) is 2.92. The molecule has 0 atom stereocenters. The largest absolute Gasteiger partial charge is 0.490 e. The van der Waals surface area contributed by atoms with Gasteiger partial charge in [0.2, 0.25) is 0 Å². The van der Waals surface area contributed by atoms with Crippen LogP contribution in [0.25, 0.3) is 0 Å². The number of benzene rings is 2. The smallest absolute Gasteiger partial charge is 0.262 e. The van der Waals surface area contributed by atoms with E-state index in [9.17, 15) is 4.79 Å². The van der Waals surface area contributed by atoms with Gasteiger partial charge in [0.15, 0.2) is 18.1 Å². The van der Waals surface area contributed by atoms with E-state index < -0.39 is 0 Å². The Morgan fingerprint density at radius 2 is 1.62 bits per heavy atom. The molecule has 1 N–H and O–H groups in total. The minimum absolute atomic E-state index is 0.0566. The van der Waals surface area contributed by atoms with E-state index in [1.807, 2.05) is 49.4 Å². The second-order valence-corrected chi connectivity index (χ2v) is 5.87. The fraction of sp³-hybridized carbons (Fsp3) is 0.350. The van der Waals surface area contributed by atoms with Crippen LogP contribution in [-0.2, 0) is 4.79 Å². The molecular formula is C20H25NO3. The van der Waals surface area contributed by atoms with E-state index in [4.69, 9.17) is 9.47 Å². The number of anilines is 1. The van der Waals surface area contributed by atoms with Gasteiger partial charge < -0.3 is 14.8 Å². The Morgan fingerprint density at radius 3 is 2.29 bits per heavy atom. The van der Waals surface area contributed by atoms with Crippen molar-refractivity contribution in [3.63, 3.8) is 0 Å². The number of hydrogen-bond acceptors (Lipinski definition) is 3. The van der Waals surface area contributed by atoms with E-state index >= 15 is 0 Å². The van der Waals surface area contributed by atoms with Crippen molar-refractivity contribution in [2.24, 2.45) is 0 Å². The minimum Gasteiger partial charge on any atom is -0.490 e. The molecule has 0 aliphatic rings. The molecule has 0 spiro atoms. The molecule has 0 aliphatic carbocycles. The van der Waals surface area contributed by atoms with Gasteiger partial charge in [-0.1, -0.05) is 51.1 Å². The average molecular weight is 327 g/mol. The highest BCUT2D eigenvalue weighted by Gasteiger charge is 2.11. The number of hydrogen-bond donors (Lipinski definition) is 1. The van der Waals surface area contributed by atoms with Gasteiger partial charge in [0, 0.05) is 5.69 Å². The van der Waals surface area contributed by atoms with Gasteiger partial charge in [-0.2, -0.15) is 0 Å². The first kappa shape index (κ1) is 17.9. The molecule has 4 heteroatoms. The maximum Gasteiger partial charge on any atom is 0.262 e. The van der Waals surface area contributed by atoms with Crippen molar-refractivity contribution >= 4 is 11.6 Å². The van der Waals surface area contributed by atoms with E-state index in [1.165, 1.54) is 0 Å². The van der Waals surface area contributed by atoms with Crippen LogP contribution in [0.5, 0.6) is 11.5 Å². The normalized spacial score (nSPS) is 10.5. The molecule has 0 unspecified atom stereocenters. The summed E-state index contributed by atoms with van der Waals surface area (Å²) in [7, 11) is 0. The molecule has 1 amide bonds. The van der Waals surface area contributed by atoms with Gasteiger partial charge in [-0.15, -0.1) is 0 Å². The van der Waals surface area contributed by atoms with Crippen molar-refractivity contribution in [3.05, 3.63) is 54.1 Å². The van der Waals surface area contributed by atoms with Crippen molar-refractivity contribution in [1.29, 1.82) is 0 Å². The van der Waals surface area contributed by atoms with Crippen LogP contribution in [0.4, 0.5) is 5.69 Å². The maximum atomic E-state index is 12.2. The summed E-state index contributed by atoms with van der Waals surface area (Å²) in [6.07, 6.45) is 0.917. The summed E-state index contributed by atoms with van der Waals surface area (Å²) >= 11 is 0. The molecule has 4 nitrogen and oxygen atoms in total. The van der Waals surface area contributed by atoms with Crippen LogP contribution >= 0.6 is 0 Å². The Hall–Kier alpha value is -2.49. The minimum atomic E-state index is -0.187. The third-order valence-corrected chi connectivity index (χ3v) is 3.53. The van der Waals surface area contributed by atoms with Gasteiger partial charge in [-0.05, 0) is 36.1 Å². The monoisotopic (exact) mass is 327 g/mol. The molecule has 0 saturated heterocycles. The highest BCUT2D eigenvalue weighted by atomic mass is 16.5. The first-order valence-electron chi connectivity index (χ1n) is 8.35. The van der Waals surface area contributed by atoms with Crippen LogP contribution in [0.2, 0.25) is 0 Å². The van der Waals surface area contributed by atoms with E-state index in [0.29, 0.717) is 24.0 Å². The molecule has 128 valence electrons. The topological polar surface area (TPSA) is 47.6 Å². The van der Waals surface area contributed by atoms with Gasteiger partial charge in [0.1, 0.15) is 0 Å². The number of carbonyl (C=O) groups is 1. The molecule has 0 heterocycles. The van der Waals surface area contributed by atoms with Crippen molar-refractivity contribution in [1.82, 2.24) is 0 Å². The van der Waals surface area contributed by atoms with Gasteiger partial charge in [-0.25, -0.2) is 0 Å². The van der Waals surface area contributed by atoms with Crippen molar-refractivity contribution in [2.75, 3.05) is 18.5 Å². The van der Waals surface area contributed by atoms with E-state index in [2.05, 4.69) is 19.2 Å². The second kappa shape index (κ2) is 8.96. The van der Waals surface area contributed by atoms with Gasteiger partial charge in [-0.3, -0.25) is 4.79 Å². The summed E-state index contributed by atoms with van der Waals surface area (Å²) in [5.74, 6) is 1.40. The quantitative estimate of drug-likeness (QED) is 0.770. The van der Waals surface area contributed by atoms with Crippen molar-refractivity contribution < 1.29 is 14.3 Å². The van der Waals surface area contributed by atoms with E-state index in [-0.39, 0.29) is 12.5 Å². The predicted molar refractivity (Wildman–Crippen MR) is 96.9 cm³/mol. The molecule has 0 aromatic heterocycles. The third kappa shape index (κ3) is 5.01. The fourth-order valence-electron chi connectivity index (χ4n) is 2.34. The predicted octanol–water partition coefficient (Wildman–Crippen LogP) is 4.62. The maximum absolute atomic E-state index is 12.2. The number of rotatable bonds is 8. The lowest BCUT2D eigenvalue weighted by molar-refractivity contribution is -0.118. The third-order valence-electron chi connectivity index (χ3n) is 3.53.